The van der Waals surface area contributed by atoms with Gasteiger partial charge >= 0.3 is 6.09 Å². The molecular formula is C27H30N6O3. The molecule has 1 atom stereocenters. The fourth-order valence-corrected chi connectivity index (χ4v) is 4.45. The number of rotatable bonds is 5. The van der Waals surface area contributed by atoms with E-state index in [1.807, 2.05) is 80.1 Å². The molecule has 0 aliphatic carbocycles. The van der Waals surface area contributed by atoms with Crippen LogP contribution in [0.5, 0.6) is 11.5 Å². The van der Waals surface area contributed by atoms with Crippen molar-refractivity contribution < 1.29 is 14.3 Å². The number of likely N-dealkylation sites (tertiary alicyclic amines) is 1. The van der Waals surface area contributed by atoms with Crippen LogP contribution in [0.3, 0.4) is 0 Å². The zero-order chi connectivity index (χ0) is 25.3. The highest BCUT2D eigenvalue weighted by Gasteiger charge is 2.33. The highest BCUT2D eigenvalue weighted by Crippen LogP contribution is 2.33. The molecule has 2 aromatic heterocycles. The van der Waals surface area contributed by atoms with Crippen molar-refractivity contribution >= 4 is 22.9 Å². The number of benzene rings is 2. The maximum Gasteiger partial charge on any atom is 0.410 e. The lowest BCUT2D eigenvalue weighted by Crippen LogP contribution is -2.41. The van der Waals surface area contributed by atoms with Crippen molar-refractivity contribution in [2.45, 2.75) is 51.8 Å². The van der Waals surface area contributed by atoms with Gasteiger partial charge in [0.25, 0.3) is 0 Å². The van der Waals surface area contributed by atoms with Crippen LogP contribution in [0.1, 0.15) is 33.6 Å². The number of carbonyl (C=O) groups is 1. The number of hydrogen-bond acceptors (Lipinski definition) is 7. The molecule has 0 bridgehead atoms. The minimum atomic E-state index is -0.548. The molecular weight excluding hydrogens is 456 g/mol. The third-order valence-electron chi connectivity index (χ3n) is 6.05. The molecule has 9 nitrogen and oxygen atoms in total. The van der Waals surface area contributed by atoms with E-state index in [4.69, 9.17) is 20.3 Å². The molecule has 1 amide bonds. The fourth-order valence-electron chi connectivity index (χ4n) is 4.45. The lowest BCUT2D eigenvalue weighted by atomic mass is 10.1. The summed E-state index contributed by atoms with van der Waals surface area (Å²) in [7, 11) is 0. The van der Waals surface area contributed by atoms with Crippen molar-refractivity contribution in [2.24, 2.45) is 0 Å². The number of fused-ring (bicyclic) bond motifs is 1. The highest BCUT2D eigenvalue weighted by molar-refractivity contribution is 5.98. The van der Waals surface area contributed by atoms with E-state index in [-0.39, 0.29) is 12.1 Å². The number of ether oxygens (including phenoxy) is 2. The van der Waals surface area contributed by atoms with E-state index in [1.54, 1.807) is 4.90 Å². The minimum Gasteiger partial charge on any atom is -0.457 e. The quantitative estimate of drug-likeness (QED) is 0.409. The summed E-state index contributed by atoms with van der Waals surface area (Å²) < 4.78 is 13.4. The Bertz CT molecular complexity index is 1360. The lowest BCUT2D eigenvalue weighted by molar-refractivity contribution is 0.0212. The van der Waals surface area contributed by atoms with Crippen LogP contribution in [-0.2, 0) is 11.3 Å². The molecule has 9 heteroatoms. The van der Waals surface area contributed by atoms with Gasteiger partial charge < -0.3 is 20.1 Å². The molecule has 186 valence electrons. The van der Waals surface area contributed by atoms with Gasteiger partial charge in [-0.25, -0.2) is 19.4 Å². The van der Waals surface area contributed by atoms with Crippen molar-refractivity contribution in [1.82, 2.24) is 24.6 Å². The molecule has 2 aromatic carbocycles. The average molecular weight is 487 g/mol. The summed E-state index contributed by atoms with van der Waals surface area (Å²) in [5.74, 6) is 1.85. The smallest absolute Gasteiger partial charge is 0.410 e. The van der Waals surface area contributed by atoms with Crippen molar-refractivity contribution in [3.8, 4) is 22.8 Å². The van der Waals surface area contributed by atoms with Crippen LogP contribution in [0.15, 0.2) is 60.9 Å². The van der Waals surface area contributed by atoms with E-state index in [2.05, 4.69) is 9.97 Å². The summed E-state index contributed by atoms with van der Waals surface area (Å²) in [6.45, 7) is 6.77. The minimum absolute atomic E-state index is 0.0476. The Kier molecular flexibility index (Phi) is 6.22. The van der Waals surface area contributed by atoms with Gasteiger partial charge in [-0.15, -0.1) is 0 Å². The number of nitrogen functional groups attached to an aromatic ring is 1. The van der Waals surface area contributed by atoms with Gasteiger partial charge in [0.15, 0.2) is 5.65 Å². The third kappa shape index (κ3) is 4.95. The molecule has 0 radical (unpaired) electrons. The summed E-state index contributed by atoms with van der Waals surface area (Å²) in [6.07, 6.45) is 2.92. The van der Waals surface area contributed by atoms with Gasteiger partial charge in [-0.3, -0.25) is 0 Å². The number of anilines is 1. The number of nitrogens with zero attached hydrogens (tertiary/aromatic N) is 5. The second kappa shape index (κ2) is 9.49. The lowest BCUT2D eigenvalue weighted by Gasteiger charge is -2.28. The van der Waals surface area contributed by atoms with Gasteiger partial charge in [0.1, 0.15) is 34.9 Å². The second-order valence-electron chi connectivity index (χ2n) is 9.90. The molecule has 1 unspecified atom stereocenters. The van der Waals surface area contributed by atoms with Crippen molar-refractivity contribution in [1.29, 1.82) is 0 Å². The predicted octanol–water partition coefficient (Wildman–Crippen LogP) is 5.27. The van der Waals surface area contributed by atoms with Gasteiger partial charge in [-0.1, -0.05) is 18.2 Å². The Morgan fingerprint density at radius 2 is 1.78 bits per heavy atom. The van der Waals surface area contributed by atoms with Crippen LogP contribution in [-0.4, -0.2) is 48.9 Å². The number of carbonyl (C=O) groups excluding carboxylic acids is 1. The van der Waals surface area contributed by atoms with Gasteiger partial charge in [0.05, 0.1) is 18.0 Å². The number of para-hydroxylation sites is 1. The van der Waals surface area contributed by atoms with E-state index in [1.165, 1.54) is 6.33 Å². The molecule has 4 aromatic rings. The Labute approximate surface area is 209 Å². The van der Waals surface area contributed by atoms with Gasteiger partial charge in [0.2, 0.25) is 0 Å². The van der Waals surface area contributed by atoms with Crippen LogP contribution in [0.4, 0.5) is 10.6 Å². The first kappa shape index (κ1) is 23.6. The van der Waals surface area contributed by atoms with Crippen LogP contribution in [0, 0.1) is 0 Å². The highest BCUT2D eigenvalue weighted by atomic mass is 16.6. The van der Waals surface area contributed by atoms with Crippen LogP contribution >= 0.6 is 0 Å². The Hall–Kier alpha value is -4.14. The molecule has 1 saturated heterocycles. The number of aromatic nitrogens is 4. The molecule has 1 aliphatic heterocycles. The summed E-state index contributed by atoms with van der Waals surface area (Å²) >= 11 is 0. The summed E-state index contributed by atoms with van der Waals surface area (Å²) in [6, 6.07) is 17.3. The molecule has 0 saturated carbocycles. The molecule has 3 heterocycles. The molecule has 0 spiro atoms. The Balaban J connectivity index is 1.43. The van der Waals surface area contributed by atoms with Gasteiger partial charge in [-0.05, 0) is 70.0 Å². The molecule has 1 fully saturated rings. The molecule has 5 rings (SSSR count). The van der Waals surface area contributed by atoms with E-state index < -0.39 is 5.60 Å². The summed E-state index contributed by atoms with van der Waals surface area (Å²) in [4.78, 5) is 23.3. The number of hydrogen-bond donors (Lipinski definition) is 1. The Morgan fingerprint density at radius 1 is 1.06 bits per heavy atom. The molecule has 2 N–H and O–H groups in total. The van der Waals surface area contributed by atoms with Crippen LogP contribution in [0.25, 0.3) is 22.3 Å². The Morgan fingerprint density at radius 3 is 2.50 bits per heavy atom. The normalized spacial score (nSPS) is 15.9. The second-order valence-corrected chi connectivity index (χ2v) is 9.90. The first-order valence-corrected chi connectivity index (χ1v) is 12.1. The summed E-state index contributed by atoms with van der Waals surface area (Å²) in [5.41, 5.74) is 7.93. The summed E-state index contributed by atoms with van der Waals surface area (Å²) in [5, 5.41) is 5.57. The van der Waals surface area contributed by atoms with Crippen molar-refractivity contribution in [3.63, 3.8) is 0 Å². The first-order valence-electron chi connectivity index (χ1n) is 12.1. The van der Waals surface area contributed by atoms with Gasteiger partial charge in [-0.2, -0.15) is 5.10 Å². The van der Waals surface area contributed by atoms with E-state index in [0.717, 1.165) is 29.9 Å². The van der Waals surface area contributed by atoms with Crippen molar-refractivity contribution in [3.05, 3.63) is 60.9 Å². The zero-order valence-corrected chi connectivity index (χ0v) is 20.7. The molecule has 1 aliphatic rings. The monoisotopic (exact) mass is 486 g/mol. The maximum absolute atomic E-state index is 12.8. The zero-order valence-electron chi connectivity index (χ0n) is 20.7. The topological polar surface area (TPSA) is 108 Å². The van der Waals surface area contributed by atoms with Crippen LogP contribution < -0.4 is 10.5 Å². The van der Waals surface area contributed by atoms with Gasteiger partial charge in [0, 0.05) is 12.1 Å². The SMILES string of the molecule is CC(C)(C)OC(=O)N1CCCC1Cn1nc(-c2ccc(Oc3ccccc3)cc2)c2c(N)ncnc21. The van der Waals surface area contributed by atoms with E-state index in [9.17, 15) is 4.79 Å². The fraction of sp³-hybridized carbons (Fsp3) is 0.333. The van der Waals surface area contributed by atoms with Crippen molar-refractivity contribution in [2.75, 3.05) is 12.3 Å². The maximum atomic E-state index is 12.8. The van der Waals surface area contributed by atoms with E-state index >= 15 is 0 Å². The first-order chi connectivity index (χ1) is 17.3. The standard InChI is InChI=1S/C27H30N6O3/c1-27(2,3)36-26(34)32-15-7-8-19(32)16-33-25-22(24(28)29-17-30-25)23(31-33)18-11-13-21(14-12-18)35-20-9-5-4-6-10-20/h4-6,9-14,17,19H,7-8,15-16H2,1-3H3,(H2,28,29,30). The number of nitrogens with two attached hydrogens (primary N) is 1. The average Bonchev–Trinajstić information content (AvgIpc) is 3.45. The van der Waals surface area contributed by atoms with E-state index in [0.29, 0.717) is 35.6 Å². The third-order valence-corrected chi connectivity index (χ3v) is 6.05. The number of amides is 1. The largest absolute Gasteiger partial charge is 0.457 e. The predicted molar refractivity (Wildman–Crippen MR) is 138 cm³/mol. The molecule has 36 heavy (non-hydrogen) atoms. The van der Waals surface area contributed by atoms with Crippen LogP contribution in [0.2, 0.25) is 0 Å².